The van der Waals surface area contributed by atoms with E-state index in [9.17, 15) is 33.9 Å². The molecule has 2 aromatic rings. The normalized spacial score (nSPS) is 34.1. The molecule has 4 aliphatic rings. The lowest BCUT2D eigenvalue weighted by molar-refractivity contribution is -0.364. The molecule has 56 heavy (non-hydrogen) atoms. The van der Waals surface area contributed by atoms with E-state index in [1.54, 1.807) is 76.2 Å². The third-order valence-corrected chi connectivity index (χ3v) is 12.2. The van der Waals surface area contributed by atoms with Gasteiger partial charge in [-0.05, 0) is 42.3 Å². The van der Waals surface area contributed by atoms with Gasteiger partial charge in [-0.15, -0.1) is 0 Å². The van der Waals surface area contributed by atoms with Gasteiger partial charge >= 0.3 is 35.8 Å². The molecular formula is C42H48O14. The van der Waals surface area contributed by atoms with Crippen molar-refractivity contribution in [3.05, 3.63) is 82.9 Å². The van der Waals surface area contributed by atoms with E-state index in [1.165, 1.54) is 32.9 Å². The van der Waals surface area contributed by atoms with Crippen LogP contribution in [-0.2, 0) is 52.3 Å². The molecule has 0 radical (unpaired) electrons. The second kappa shape index (κ2) is 14.8. The van der Waals surface area contributed by atoms with Gasteiger partial charge in [0.15, 0.2) is 17.8 Å². The first-order valence-corrected chi connectivity index (χ1v) is 18.6. The zero-order valence-electron chi connectivity index (χ0n) is 32.7. The van der Waals surface area contributed by atoms with Gasteiger partial charge in [0.05, 0.1) is 29.1 Å². The molecule has 300 valence electrons. The lowest BCUT2D eigenvalue weighted by Gasteiger charge is -2.69. The summed E-state index contributed by atoms with van der Waals surface area (Å²) in [6.45, 7) is 11.1. The van der Waals surface area contributed by atoms with Crippen LogP contribution in [0.25, 0.3) is 0 Å². The van der Waals surface area contributed by atoms with Gasteiger partial charge in [-0.2, -0.15) is 0 Å². The van der Waals surface area contributed by atoms with E-state index in [-0.39, 0.29) is 36.1 Å². The first-order valence-electron chi connectivity index (χ1n) is 18.6. The van der Waals surface area contributed by atoms with Crippen LogP contribution in [0.4, 0.5) is 0 Å². The molecule has 2 aromatic carbocycles. The predicted octanol–water partition coefficient (Wildman–Crippen LogP) is 4.45. The molecule has 1 heterocycles. The Morgan fingerprint density at radius 2 is 1.23 bits per heavy atom. The fraction of sp³-hybridized carbons (Fsp3) is 0.524. The van der Waals surface area contributed by atoms with Crippen molar-refractivity contribution in [2.24, 2.45) is 16.7 Å². The van der Waals surface area contributed by atoms with E-state index < -0.39 is 100 Å². The molecule has 0 spiro atoms. The highest BCUT2D eigenvalue weighted by molar-refractivity contribution is 5.90. The Kier molecular flexibility index (Phi) is 10.7. The summed E-state index contributed by atoms with van der Waals surface area (Å²) in [5, 5.41) is 13.6. The van der Waals surface area contributed by atoms with Crippen LogP contribution >= 0.6 is 0 Å². The first-order chi connectivity index (χ1) is 26.3. The van der Waals surface area contributed by atoms with Gasteiger partial charge in [0, 0.05) is 46.0 Å². The van der Waals surface area contributed by atoms with Gasteiger partial charge in [-0.1, -0.05) is 57.2 Å². The highest BCUT2D eigenvalue weighted by Crippen LogP contribution is 2.66. The summed E-state index contributed by atoms with van der Waals surface area (Å²) in [6.07, 6.45) is -8.67. The fourth-order valence-electron chi connectivity index (χ4n) is 9.73. The number of carbonyl (C=O) groups excluding carboxylic acids is 6. The quantitative estimate of drug-likeness (QED) is 0.225. The Hall–Kier alpha value is -5.08. The Bertz CT molecular complexity index is 1940. The molecule has 0 unspecified atom stereocenters. The molecule has 14 heteroatoms. The summed E-state index contributed by atoms with van der Waals surface area (Å²) in [4.78, 5) is 80.7. The number of benzene rings is 2. The molecule has 14 nitrogen and oxygen atoms in total. The minimum Gasteiger partial charge on any atom is -0.458 e. The SMILES string of the molecule is CC(=O)O[C@H]1C[C@@]2(O)[C@@H](OC(=O)c3ccccc3)[C@@H]3[C@]4(OC(C)=O)CO[C@@H]4C[C@H](OC(=O)c4ccccc4)[C@@]3(C)[C@@H](OC(C)=O)[C@H](OC(C)=O)C(=C1C)C2(C)C. The van der Waals surface area contributed by atoms with Crippen LogP contribution in [-0.4, -0.2) is 95.4 Å². The van der Waals surface area contributed by atoms with Crippen LogP contribution < -0.4 is 0 Å². The largest absolute Gasteiger partial charge is 0.458 e. The molecule has 6 rings (SSSR count). The maximum Gasteiger partial charge on any atom is 0.338 e. The minimum absolute atomic E-state index is 0.112. The maximum atomic E-state index is 14.4. The molecule has 1 saturated heterocycles. The average Bonchev–Trinajstić information content (AvgIpc) is 3.11. The van der Waals surface area contributed by atoms with Gasteiger partial charge in [0.2, 0.25) is 0 Å². The van der Waals surface area contributed by atoms with Crippen LogP contribution in [0.2, 0.25) is 0 Å². The molecular weight excluding hydrogens is 728 g/mol. The maximum absolute atomic E-state index is 14.4. The van der Waals surface area contributed by atoms with Crippen molar-refractivity contribution in [3.8, 4) is 0 Å². The van der Waals surface area contributed by atoms with Crippen molar-refractivity contribution in [2.75, 3.05) is 6.61 Å². The zero-order chi connectivity index (χ0) is 41.0. The highest BCUT2D eigenvalue weighted by Gasteiger charge is 2.79. The molecule has 2 bridgehead atoms. The van der Waals surface area contributed by atoms with E-state index in [2.05, 4.69) is 0 Å². The second-order valence-electron chi connectivity index (χ2n) is 15.9. The van der Waals surface area contributed by atoms with Crippen molar-refractivity contribution >= 4 is 35.8 Å². The third kappa shape index (κ3) is 6.66. The van der Waals surface area contributed by atoms with Crippen molar-refractivity contribution in [2.45, 2.75) is 116 Å². The summed E-state index contributed by atoms with van der Waals surface area (Å²) in [5.41, 5.74) is -6.33. The Balaban J connectivity index is 1.73. The number of fused-ring (bicyclic) bond motifs is 5. The van der Waals surface area contributed by atoms with Crippen LogP contribution in [0.3, 0.4) is 0 Å². The van der Waals surface area contributed by atoms with Gasteiger partial charge < -0.3 is 38.3 Å². The Morgan fingerprint density at radius 1 is 0.696 bits per heavy atom. The van der Waals surface area contributed by atoms with Gasteiger partial charge in [-0.25, -0.2) is 9.59 Å². The van der Waals surface area contributed by atoms with E-state index in [0.717, 1.165) is 6.92 Å². The number of ether oxygens (including phenoxy) is 7. The zero-order valence-corrected chi connectivity index (χ0v) is 32.7. The lowest BCUT2D eigenvalue weighted by atomic mass is 9.44. The number of carbonyl (C=O) groups is 6. The molecule has 3 aliphatic carbocycles. The van der Waals surface area contributed by atoms with Crippen molar-refractivity contribution in [3.63, 3.8) is 0 Å². The first kappa shape index (κ1) is 40.6. The summed E-state index contributed by atoms with van der Waals surface area (Å²) >= 11 is 0. The summed E-state index contributed by atoms with van der Waals surface area (Å²) in [7, 11) is 0. The van der Waals surface area contributed by atoms with Crippen molar-refractivity contribution in [1.29, 1.82) is 0 Å². The molecule has 3 fully saturated rings. The number of aliphatic hydroxyl groups is 1. The Labute approximate surface area is 324 Å². The van der Waals surface area contributed by atoms with Crippen LogP contribution in [0.15, 0.2) is 71.8 Å². The number of esters is 6. The van der Waals surface area contributed by atoms with Gasteiger partial charge in [0.1, 0.15) is 30.0 Å². The number of rotatable bonds is 8. The van der Waals surface area contributed by atoms with Crippen molar-refractivity contribution in [1.82, 2.24) is 0 Å². The van der Waals surface area contributed by atoms with E-state index >= 15 is 0 Å². The summed E-state index contributed by atoms with van der Waals surface area (Å²) in [5.74, 6) is -6.07. The number of hydrogen-bond acceptors (Lipinski definition) is 14. The molecule has 0 aromatic heterocycles. The van der Waals surface area contributed by atoms with Gasteiger partial charge in [0.25, 0.3) is 0 Å². The predicted molar refractivity (Wildman–Crippen MR) is 194 cm³/mol. The van der Waals surface area contributed by atoms with Crippen LogP contribution in [0, 0.1) is 16.7 Å². The molecule has 1 aliphatic heterocycles. The van der Waals surface area contributed by atoms with E-state index in [1.807, 2.05) is 0 Å². The molecule has 10 atom stereocenters. The summed E-state index contributed by atoms with van der Waals surface area (Å²) < 4.78 is 43.4. The Morgan fingerprint density at radius 3 is 1.71 bits per heavy atom. The molecule has 2 saturated carbocycles. The van der Waals surface area contributed by atoms with E-state index in [4.69, 9.17) is 33.2 Å². The van der Waals surface area contributed by atoms with Crippen LogP contribution in [0.5, 0.6) is 0 Å². The lowest BCUT2D eigenvalue weighted by Crippen LogP contribution is -2.83. The van der Waals surface area contributed by atoms with Crippen LogP contribution in [0.1, 0.15) is 88.9 Å². The van der Waals surface area contributed by atoms with Crippen molar-refractivity contribution < 1.29 is 67.0 Å². The fourth-order valence-corrected chi connectivity index (χ4v) is 9.73. The standard InChI is InChI=1S/C42H48O14/c1-22-29(51-23(2)43)20-42(49)36(55-38(48)28-17-13-10-14-18-28)34-40(8,35(53-25(4)45)33(52-24(3)44)32(22)39(42,6)7)30(54-37(47)27-15-11-9-12-16-27)19-31-41(34,21-50-31)56-26(5)46/h9-18,29-31,33-36,49H,19-21H2,1-8H3/t29-,30-,31+,33+,34-,35-,36-,40+,41-,42+/m0/s1. The third-order valence-electron chi connectivity index (χ3n) is 12.2. The molecule has 1 N–H and O–H groups in total. The summed E-state index contributed by atoms with van der Waals surface area (Å²) in [6, 6.07) is 16.2. The minimum atomic E-state index is -2.23. The highest BCUT2D eigenvalue weighted by atomic mass is 16.6. The smallest absolute Gasteiger partial charge is 0.338 e. The average molecular weight is 777 g/mol. The topological polar surface area (TPSA) is 187 Å². The monoisotopic (exact) mass is 776 g/mol. The molecule has 0 amide bonds. The second-order valence-corrected chi connectivity index (χ2v) is 15.9. The van der Waals surface area contributed by atoms with Gasteiger partial charge in [-0.3, -0.25) is 19.2 Å². The van der Waals surface area contributed by atoms with E-state index in [0.29, 0.717) is 5.57 Å². The number of hydrogen-bond donors (Lipinski definition) is 1.